The Morgan fingerprint density at radius 1 is 1.00 bits per heavy atom. The first-order chi connectivity index (χ1) is 13.9. The van der Waals surface area contributed by atoms with Gasteiger partial charge in [-0.2, -0.15) is 8.78 Å². The van der Waals surface area contributed by atoms with Gasteiger partial charge in [-0.1, -0.05) is 30.3 Å². The molecule has 2 aliphatic heterocycles. The molecule has 4 rings (SSSR count). The Kier molecular flexibility index (Phi) is 5.69. The summed E-state index contributed by atoms with van der Waals surface area (Å²) in [4.78, 5) is 0. The van der Waals surface area contributed by atoms with Crippen LogP contribution in [-0.4, -0.2) is 56.3 Å². The van der Waals surface area contributed by atoms with Crippen LogP contribution in [-0.2, 0) is 35.0 Å². The molecule has 0 aromatic heterocycles. The van der Waals surface area contributed by atoms with Gasteiger partial charge in [0, 0.05) is 27.1 Å². The maximum Gasteiger partial charge on any atom is 0.326 e. The first kappa shape index (κ1) is 21.1. The van der Waals surface area contributed by atoms with Gasteiger partial charge in [-0.05, 0) is 25.3 Å². The van der Waals surface area contributed by atoms with E-state index in [1.54, 1.807) is 6.92 Å². The van der Waals surface area contributed by atoms with Crippen LogP contribution in [0.15, 0.2) is 30.3 Å². The molecule has 0 amide bonds. The molecule has 3 fully saturated rings. The third kappa shape index (κ3) is 3.40. The highest BCUT2D eigenvalue weighted by atomic mass is 19.3. The number of fused-ring (bicyclic) bond motifs is 2. The summed E-state index contributed by atoms with van der Waals surface area (Å²) in [5.41, 5.74) is 0.779. The van der Waals surface area contributed by atoms with E-state index in [4.69, 9.17) is 28.4 Å². The van der Waals surface area contributed by atoms with Crippen LogP contribution in [0.5, 0.6) is 0 Å². The Morgan fingerprint density at radius 2 is 1.62 bits per heavy atom. The van der Waals surface area contributed by atoms with E-state index in [0.29, 0.717) is 12.8 Å². The number of halogens is 2. The van der Waals surface area contributed by atoms with Crippen LogP contribution in [0.2, 0.25) is 0 Å². The monoisotopic (exact) mass is 414 g/mol. The first-order valence-electron chi connectivity index (χ1n) is 10.0. The Hall–Kier alpha value is -1.16. The van der Waals surface area contributed by atoms with Crippen LogP contribution in [0.25, 0.3) is 0 Å². The highest BCUT2D eigenvalue weighted by Gasteiger charge is 2.71. The molecule has 1 saturated carbocycles. The lowest BCUT2D eigenvalue weighted by Gasteiger charge is -2.60. The number of rotatable bonds is 5. The number of ether oxygens (including phenoxy) is 6. The third-order valence-corrected chi connectivity index (χ3v) is 6.18. The molecular formula is C21H28F2O6. The highest BCUT2D eigenvalue weighted by molar-refractivity contribution is 5.13. The molecule has 6 nitrogen and oxygen atoms in total. The van der Waals surface area contributed by atoms with E-state index in [1.807, 2.05) is 30.3 Å². The maximum absolute atomic E-state index is 15.4. The van der Waals surface area contributed by atoms with Crippen molar-refractivity contribution in [3.63, 3.8) is 0 Å². The molecule has 0 spiro atoms. The van der Waals surface area contributed by atoms with Gasteiger partial charge in [-0.3, -0.25) is 0 Å². The van der Waals surface area contributed by atoms with Gasteiger partial charge in [-0.25, -0.2) is 0 Å². The quantitative estimate of drug-likeness (QED) is 0.734. The predicted molar refractivity (Wildman–Crippen MR) is 98.2 cm³/mol. The van der Waals surface area contributed by atoms with Crippen LogP contribution < -0.4 is 0 Å². The number of hydrogen-bond acceptors (Lipinski definition) is 6. The Bertz CT molecular complexity index is 704. The first-order valence-corrected chi connectivity index (χ1v) is 10.0. The molecule has 2 saturated heterocycles. The van der Waals surface area contributed by atoms with Crippen LogP contribution in [0.1, 0.15) is 38.2 Å². The summed E-state index contributed by atoms with van der Waals surface area (Å²) in [6.45, 7) is 1.69. The van der Waals surface area contributed by atoms with Crippen molar-refractivity contribution >= 4 is 0 Å². The molecule has 29 heavy (non-hydrogen) atoms. The minimum absolute atomic E-state index is 0.00346. The zero-order chi connectivity index (χ0) is 20.7. The second kappa shape index (κ2) is 7.83. The molecule has 3 aliphatic rings. The summed E-state index contributed by atoms with van der Waals surface area (Å²) in [6.07, 6.45) is -2.52. The van der Waals surface area contributed by atoms with Crippen LogP contribution >= 0.6 is 0 Å². The molecule has 162 valence electrons. The molecule has 0 unspecified atom stereocenters. The van der Waals surface area contributed by atoms with Crippen molar-refractivity contribution in [3.05, 3.63) is 35.9 Å². The largest absolute Gasteiger partial charge is 0.349 e. The number of benzene rings is 1. The van der Waals surface area contributed by atoms with Gasteiger partial charge in [0.1, 0.15) is 6.10 Å². The third-order valence-electron chi connectivity index (χ3n) is 6.18. The van der Waals surface area contributed by atoms with Crippen LogP contribution in [0, 0.1) is 0 Å². The fourth-order valence-electron chi connectivity index (χ4n) is 4.59. The van der Waals surface area contributed by atoms with Crippen molar-refractivity contribution in [2.75, 3.05) is 14.2 Å². The molecule has 0 N–H and O–H groups in total. The van der Waals surface area contributed by atoms with Crippen LogP contribution in [0.3, 0.4) is 0 Å². The van der Waals surface area contributed by atoms with Gasteiger partial charge in [0.15, 0.2) is 6.10 Å². The zero-order valence-electron chi connectivity index (χ0n) is 16.9. The van der Waals surface area contributed by atoms with Crippen LogP contribution in [0.4, 0.5) is 8.78 Å². The Balaban J connectivity index is 1.58. The van der Waals surface area contributed by atoms with Crippen molar-refractivity contribution in [1.82, 2.24) is 0 Å². The summed E-state index contributed by atoms with van der Waals surface area (Å²) >= 11 is 0. The van der Waals surface area contributed by atoms with Gasteiger partial charge in [0.25, 0.3) is 0 Å². The maximum atomic E-state index is 15.4. The summed E-state index contributed by atoms with van der Waals surface area (Å²) in [5, 5.41) is 0. The fraction of sp³-hybridized carbons (Fsp3) is 0.714. The molecule has 0 bridgehead atoms. The van der Waals surface area contributed by atoms with Gasteiger partial charge in [0.05, 0.1) is 12.7 Å². The molecule has 1 aromatic rings. The highest BCUT2D eigenvalue weighted by Crippen LogP contribution is 2.53. The zero-order valence-corrected chi connectivity index (χ0v) is 16.9. The van der Waals surface area contributed by atoms with Crippen molar-refractivity contribution in [1.29, 1.82) is 0 Å². The van der Waals surface area contributed by atoms with Gasteiger partial charge in [-0.15, -0.1) is 0 Å². The topological polar surface area (TPSA) is 55.4 Å². The number of alkyl halides is 2. The lowest BCUT2D eigenvalue weighted by Crippen LogP contribution is -2.76. The minimum Gasteiger partial charge on any atom is -0.349 e. The number of hydrogen-bond donors (Lipinski definition) is 0. The molecule has 8 heteroatoms. The predicted octanol–water partition coefficient (Wildman–Crippen LogP) is 3.63. The Labute approximate surface area is 169 Å². The minimum atomic E-state index is -3.44. The molecule has 1 aliphatic carbocycles. The molecule has 2 heterocycles. The second-order valence-corrected chi connectivity index (χ2v) is 7.89. The molecule has 0 radical (unpaired) electrons. The van der Waals surface area contributed by atoms with Gasteiger partial charge >= 0.3 is 5.92 Å². The van der Waals surface area contributed by atoms with Crippen molar-refractivity contribution < 1.29 is 37.2 Å². The van der Waals surface area contributed by atoms with E-state index >= 15 is 8.78 Å². The van der Waals surface area contributed by atoms with E-state index in [9.17, 15) is 0 Å². The van der Waals surface area contributed by atoms with E-state index < -0.39 is 42.1 Å². The summed E-state index contributed by atoms with van der Waals surface area (Å²) < 4.78 is 65.3. The van der Waals surface area contributed by atoms with Gasteiger partial charge < -0.3 is 28.4 Å². The van der Waals surface area contributed by atoms with Gasteiger partial charge in [0.2, 0.25) is 17.9 Å². The van der Waals surface area contributed by atoms with Crippen molar-refractivity contribution in [2.45, 2.75) is 81.3 Å². The van der Waals surface area contributed by atoms with E-state index in [2.05, 4.69) is 0 Å². The number of methoxy groups -OCH3 is 2. The fourth-order valence-corrected chi connectivity index (χ4v) is 4.59. The average Bonchev–Trinajstić information content (AvgIpc) is 2.75. The summed E-state index contributed by atoms with van der Waals surface area (Å²) in [6, 6.07) is 9.12. The molecular weight excluding hydrogens is 386 g/mol. The van der Waals surface area contributed by atoms with Crippen molar-refractivity contribution in [2.24, 2.45) is 0 Å². The lowest BCUT2D eigenvalue weighted by molar-refractivity contribution is -0.510. The summed E-state index contributed by atoms with van der Waals surface area (Å²) in [5.74, 6) is -6.08. The Morgan fingerprint density at radius 3 is 2.24 bits per heavy atom. The molecule has 6 atom stereocenters. The van der Waals surface area contributed by atoms with E-state index in [-0.39, 0.29) is 6.61 Å². The van der Waals surface area contributed by atoms with E-state index in [1.165, 1.54) is 14.2 Å². The van der Waals surface area contributed by atoms with E-state index in [0.717, 1.165) is 18.4 Å². The molecule has 1 aromatic carbocycles. The normalized spacial score (nSPS) is 41.4. The standard InChI is InChI=1S/C21H28F2O6/c1-14-16-17(29-20(25-3)12-8-7-11-19(20,24-2)28-16)21(22,23)18(27-14)26-13-15-9-5-4-6-10-15/h4-6,9-10,14,16-18H,7-8,11-13H2,1-3H3/t14-,16-,17+,18+,19+,20+/m0/s1. The smallest absolute Gasteiger partial charge is 0.326 e. The second-order valence-electron chi connectivity index (χ2n) is 7.89. The van der Waals surface area contributed by atoms with Crippen molar-refractivity contribution in [3.8, 4) is 0 Å². The SMILES string of the molecule is CO[C@@]12CCCC[C@@]1(OC)O[C@@H]1[C@@H](O2)[C@H](C)O[C@@H](OCc2ccccc2)C1(F)F. The lowest BCUT2D eigenvalue weighted by atomic mass is 9.83. The average molecular weight is 414 g/mol. The summed E-state index contributed by atoms with van der Waals surface area (Å²) in [7, 11) is 2.92.